The second kappa shape index (κ2) is 2.94. The van der Waals surface area contributed by atoms with Crippen LogP contribution < -0.4 is 11.1 Å². The lowest BCUT2D eigenvalue weighted by Gasteiger charge is -2.25. The molecule has 0 aromatic rings. The molecule has 4 heteroatoms. The molecule has 1 aliphatic heterocycles. The van der Waals surface area contributed by atoms with Crippen molar-refractivity contribution < 1.29 is 4.79 Å². The van der Waals surface area contributed by atoms with Crippen LogP contribution in [0.25, 0.3) is 0 Å². The van der Waals surface area contributed by atoms with Crippen LogP contribution >= 0.6 is 0 Å². The number of hydrogen-bond donors (Lipinski definition) is 2. The first kappa shape index (κ1) is 9.32. The van der Waals surface area contributed by atoms with Gasteiger partial charge >= 0.3 is 6.03 Å². The fraction of sp³-hybridized carbons (Fsp3) is 0.875. The van der Waals surface area contributed by atoms with Crippen LogP contribution in [0.3, 0.4) is 0 Å². The average molecular weight is 171 g/mol. The Kier molecular flexibility index (Phi) is 2.28. The van der Waals surface area contributed by atoms with Gasteiger partial charge in [0.15, 0.2) is 0 Å². The van der Waals surface area contributed by atoms with Gasteiger partial charge in [-0.15, -0.1) is 0 Å². The molecule has 12 heavy (non-hydrogen) atoms. The SMILES string of the molecule is CC1CN(CC(C)(C)N)C(=O)N1. The van der Waals surface area contributed by atoms with E-state index in [9.17, 15) is 4.79 Å². The van der Waals surface area contributed by atoms with Gasteiger partial charge in [0.05, 0.1) is 0 Å². The molecule has 70 valence electrons. The maximum Gasteiger partial charge on any atom is 0.317 e. The van der Waals surface area contributed by atoms with E-state index in [1.807, 2.05) is 20.8 Å². The van der Waals surface area contributed by atoms with Crippen molar-refractivity contribution >= 4 is 6.03 Å². The minimum absolute atomic E-state index is 0.000949. The summed E-state index contributed by atoms with van der Waals surface area (Å²) in [6, 6.07) is 0.251. The zero-order valence-electron chi connectivity index (χ0n) is 7.92. The van der Waals surface area contributed by atoms with E-state index in [1.165, 1.54) is 0 Å². The van der Waals surface area contributed by atoms with Crippen molar-refractivity contribution in [3.8, 4) is 0 Å². The van der Waals surface area contributed by atoms with E-state index >= 15 is 0 Å². The molecule has 1 aliphatic rings. The quantitative estimate of drug-likeness (QED) is 0.620. The van der Waals surface area contributed by atoms with Crippen molar-refractivity contribution in [1.29, 1.82) is 0 Å². The van der Waals surface area contributed by atoms with Gasteiger partial charge in [-0.2, -0.15) is 0 Å². The maximum atomic E-state index is 11.2. The van der Waals surface area contributed by atoms with Gasteiger partial charge in [0, 0.05) is 24.7 Å². The lowest BCUT2D eigenvalue weighted by atomic mass is 10.1. The molecule has 1 heterocycles. The highest BCUT2D eigenvalue weighted by Crippen LogP contribution is 2.07. The molecule has 0 bridgehead atoms. The zero-order valence-corrected chi connectivity index (χ0v) is 7.92. The molecule has 4 nitrogen and oxygen atoms in total. The van der Waals surface area contributed by atoms with Gasteiger partial charge in [-0.05, 0) is 20.8 Å². The molecule has 0 aliphatic carbocycles. The summed E-state index contributed by atoms with van der Waals surface area (Å²) in [5, 5.41) is 2.82. The summed E-state index contributed by atoms with van der Waals surface area (Å²) in [6.07, 6.45) is 0. The lowest BCUT2D eigenvalue weighted by Crippen LogP contribution is -2.46. The van der Waals surface area contributed by atoms with Gasteiger partial charge in [0.1, 0.15) is 0 Å². The number of amides is 2. The molecule has 1 unspecified atom stereocenters. The number of carbonyl (C=O) groups excluding carboxylic acids is 1. The average Bonchev–Trinajstić information content (AvgIpc) is 2.06. The van der Waals surface area contributed by atoms with Crippen molar-refractivity contribution in [1.82, 2.24) is 10.2 Å². The van der Waals surface area contributed by atoms with Gasteiger partial charge in [0.25, 0.3) is 0 Å². The van der Waals surface area contributed by atoms with E-state index in [0.717, 1.165) is 6.54 Å². The number of urea groups is 1. The lowest BCUT2D eigenvalue weighted by molar-refractivity contribution is 0.207. The summed E-state index contributed by atoms with van der Waals surface area (Å²) in [6.45, 7) is 7.20. The summed E-state index contributed by atoms with van der Waals surface area (Å²) >= 11 is 0. The van der Waals surface area contributed by atoms with E-state index in [1.54, 1.807) is 4.90 Å². The van der Waals surface area contributed by atoms with Crippen molar-refractivity contribution in [2.24, 2.45) is 5.73 Å². The third-order valence-electron chi connectivity index (χ3n) is 1.75. The number of nitrogens with two attached hydrogens (primary N) is 1. The van der Waals surface area contributed by atoms with Gasteiger partial charge in [-0.1, -0.05) is 0 Å². The summed E-state index contributed by atoms with van der Waals surface area (Å²) < 4.78 is 0. The first-order valence-electron chi connectivity index (χ1n) is 4.23. The Balaban J connectivity index is 2.49. The highest BCUT2D eigenvalue weighted by Gasteiger charge is 2.28. The Morgan fingerprint density at radius 2 is 2.33 bits per heavy atom. The summed E-state index contributed by atoms with van der Waals surface area (Å²) in [5.41, 5.74) is 5.50. The molecule has 0 aromatic heterocycles. The second-order valence-corrected chi connectivity index (χ2v) is 4.22. The van der Waals surface area contributed by atoms with Crippen LogP contribution in [0.5, 0.6) is 0 Å². The molecule has 0 saturated carbocycles. The van der Waals surface area contributed by atoms with Crippen LogP contribution in [0, 0.1) is 0 Å². The molecular weight excluding hydrogens is 154 g/mol. The molecule has 0 aromatic carbocycles. The maximum absolute atomic E-state index is 11.2. The molecule has 0 spiro atoms. The minimum atomic E-state index is -0.304. The number of rotatable bonds is 2. The number of nitrogens with one attached hydrogen (secondary N) is 1. The third-order valence-corrected chi connectivity index (χ3v) is 1.75. The molecular formula is C8H17N3O. The molecule has 0 radical (unpaired) electrons. The zero-order chi connectivity index (χ0) is 9.35. The van der Waals surface area contributed by atoms with Crippen molar-refractivity contribution in [2.45, 2.75) is 32.4 Å². The Bertz CT molecular complexity index is 185. The monoisotopic (exact) mass is 171 g/mol. The van der Waals surface area contributed by atoms with Crippen molar-refractivity contribution in [2.75, 3.05) is 13.1 Å². The molecule has 1 fully saturated rings. The van der Waals surface area contributed by atoms with Crippen molar-refractivity contribution in [3.05, 3.63) is 0 Å². The van der Waals surface area contributed by atoms with E-state index in [2.05, 4.69) is 5.32 Å². The summed E-state index contributed by atoms with van der Waals surface area (Å²) in [5.74, 6) is 0. The van der Waals surface area contributed by atoms with E-state index < -0.39 is 0 Å². The highest BCUT2D eigenvalue weighted by atomic mass is 16.2. The van der Waals surface area contributed by atoms with Crippen LogP contribution in [0.2, 0.25) is 0 Å². The van der Waals surface area contributed by atoms with Crippen LogP contribution in [-0.4, -0.2) is 35.6 Å². The van der Waals surface area contributed by atoms with E-state index in [-0.39, 0.29) is 17.6 Å². The highest BCUT2D eigenvalue weighted by molar-refractivity contribution is 5.76. The van der Waals surface area contributed by atoms with Crippen LogP contribution in [0.1, 0.15) is 20.8 Å². The summed E-state index contributed by atoms with van der Waals surface area (Å²) in [4.78, 5) is 13.0. The molecule has 1 saturated heterocycles. The normalized spacial score (nSPS) is 24.5. The van der Waals surface area contributed by atoms with Crippen LogP contribution in [0.15, 0.2) is 0 Å². The van der Waals surface area contributed by atoms with Crippen LogP contribution in [-0.2, 0) is 0 Å². The van der Waals surface area contributed by atoms with Gasteiger partial charge in [-0.3, -0.25) is 0 Å². The molecule has 1 atom stereocenters. The molecule has 2 amide bonds. The minimum Gasteiger partial charge on any atom is -0.334 e. The van der Waals surface area contributed by atoms with Gasteiger partial charge in [0.2, 0.25) is 0 Å². The van der Waals surface area contributed by atoms with Crippen LogP contribution in [0.4, 0.5) is 4.79 Å². The summed E-state index contributed by atoms with van der Waals surface area (Å²) in [7, 11) is 0. The molecule has 1 rings (SSSR count). The smallest absolute Gasteiger partial charge is 0.317 e. The number of hydrogen-bond acceptors (Lipinski definition) is 2. The fourth-order valence-electron chi connectivity index (χ4n) is 1.39. The Labute approximate surface area is 73.1 Å². The Hall–Kier alpha value is -0.770. The molecule has 3 N–H and O–H groups in total. The number of carbonyl (C=O) groups is 1. The first-order chi connectivity index (χ1) is 5.38. The third kappa shape index (κ3) is 2.37. The topological polar surface area (TPSA) is 58.4 Å². The Morgan fingerprint density at radius 1 is 1.75 bits per heavy atom. The Morgan fingerprint density at radius 3 is 2.67 bits per heavy atom. The second-order valence-electron chi connectivity index (χ2n) is 4.22. The van der Waals surface area contributed by atoms with Gasteiger partial charge in [-0.25, -0.2) is 4.79 Å². The largest absolute Gasteiger partial charge is 0.334 e. The standard InChI is InChI=1S/C8H17N3O/c1-6-4-11(7(12)10-6)5-8(2,3)9/h6H,4-5,9H2,1-3H3,(H,10,12). The van der Waals surface area contributed by atoms with Gasteiger partial charge < -0.3 is 16.0 Å². The fourth-order valence-corrected chi connectivity index (χ4v) is 1.39. The first-order valence-corrected chi connectivity index (χ1v) is 4.23. The van der Waals surface area contributed by atoms with E-state index in [0.29, 0.717) is 6.54 Å². The predicted molar refractivity (Wildman–Crippen MR) is 47.8 cm³/mol. The predicted octanol–water partition coefficient (Wildman–Crippen LogP) is 0.137. The van der Waals surface area contributed by atoms with Crippen molar-refractivity contribution in [3.63, 3.8) is 0 Å². The van der Waals surface area contributed by atoms with E-state index in [4.69, 9.17) is 5.73 Å². The number of nitrogens with zero attached hydrogens (tertiary/aromatic N) is 1.